The van der Waals surface area contributed by atoms with E-state index in [1.54, 1.807) is 0 Å². The number of fused-ring (bicyclic) bond motifs is 6. The van der Waals surface area contributed by atoms with Gasteiger partial charge in [-0.3, -0.25) is 0 Å². The topological polar surface area (TPSA) is 12.0 Å². The zero-order valence-corrected chi connectivity index (χ0v) is 18.9. The Hall–Kier alpha value is -3.32. The summed E-state index contributed by atoms with van der Waals surface area (Å²) in [5.74, 6) is 0. The highest BCUT2D eigenvalue weighted by atomic mass is 14.9. The number of hydrogen-bond acceptors (Lipinski definition) is 1. The molecule has 1 N–H and O–H groups in total. The Labute approximate surface area is 191 Å². The second-order valence-electron chi connectivity index (χ2n) is 9.79. The number of allylic oxidation sites excluding steroid dienone is 4. The smallest absolute Gasteiger partial charge is 0.0450 e. The maximum atomic E-state index is 3.95. The summed E-state index contributed by atoms with van der Waals surface area (Å²) in [4.78, 5) is 0. The van der Waals surface area contributed by atoms with Crippen LogP contribution in [0.2, 0.25) is 0 Å². The molecule has 0 aliphatic heterocycles. The van der Waals surface area contributed by atoms with E-state index in [0.717, 1.165) is 19.3 Å². The minimum atomic E-state index is 0.0454. The van der Waals surface area contributed by atoms with E-state index in [2.05, 4.69) is 110 Å². The van der Waals surface area contributed by atoms with Crippen molar-refractivity contribution in [1.29, 1.82) is 0 Å². The van der Waals surface area contributed by atoms with Crippen LogP contribution in [-0.2, 0) is 11.8 Å². The molecule has 0 fully saturated rings. The standard InChI is InChI=1S/C31H29N/c1-31(2)29-17-8-7-15-27(29)28-16-9-12-23(20-30(28)31)32-24-18-21-10-3-5-13-25(21)26-14-6-4-11-22(26)19-24/h3-8,10-11,13-18,20,23,32H,9,12,19H2,1-2H3. The molecule has 1 heteroatoms. The molecule has 0 spiro atoms. The third-order valence-corrected chi connectivity index (χ3v) is 7.40. The summed E-state index contributed by atoms with van der Waals surface area (Å²) >= 11 is 0. The summed E-state index contributed by atoms with van der Waals surface area (Å²) in [5.41, 5.74) is 12.5. The Kier molecular flexibility index (Phi) is 4.47. The highest BCUT2D eigenvalue weighted by molar-refractivity contribution is 5.90. The van der Waals surface area contributed by atoms with Crippen molar-refractivity contribution in [2.45, 2.75) is 44.6 Å². The lowest BCUT2D eigenvalue weighted by molar-refractivity contribution is 0.601. The van der Waals surface area contributed by atoms with Gasteiger partial charge in [0.2, 0.25) is 0 Å². The van der Waals surface area contributed by atoms with Gasteiger partial charge in [0, 0.05) is 23.6 Å². The molecule has 6 rings (SSSR count). The Balaban J connectivity index is 1.37. The molecule has 0 bridgehead atoms. The zero-order valence-electron chi connectivity index (χ0n) is 18.9. The second-order valence-corrected chi connectivity index (χ2v) is 9.79. The summed E-state index contributed by atoms with van der Waals surface area (Å²) in [7, 11) is 0. The van der Waals surface area contributed by atoms with Crippen molar-refractivity contribution in [3.8, 4) is 11.1 Å². The van der Waals surface area contributed by atoms with Crippen LogP contribution in [0, 0.1) is 0 Å². The predicted octanol–water partition coefficient (Wildman–Crippen LogP) is 7.30. The van der Waals surface area contributed by atoms with Gasteiger partial charge in [-0.1, -0.05) is 98.8 Å². The zero-order chi connectivity index (χ0) is 21.7. The lowest BCUT2D eigenvalue weighted by atomic mass is 9.81. The van der Waals surface area contributed by atoms with E-state index in [1.165, 1.54) is 50.2 Å². The van der Waals surface area contributed by atoms with Crippen LogP contribution in [0.5, 0.6) is 0 Å². The second kappa shape index (κ2) is 7.38. The molecule has 3 aromatic carbocycles. The van der Waals surface area contributed by atoms with Crippen molar-refractivity contribution in [3.63, 3.8) is 0 Å². The average molecular weight is 416 g/mol. The summed E-state index contributed by atoms with van der Waals surface area (Å²) in [6.45, 7) is 4.75. The average Bonchev–Trinajstić information content (AvgIpc) is 2.99. The first-order valence-electron chi connectivity index (χ1n) is 11.8. The molecule has 0 heterocycles. The van der Waals surface area contributed by atoms with Crippen LogP contribution in [0.25, 0.3) is 22.8 Å². The summed E-state index contributed by atoms with van der Waals surface area (Å²) in [6, 6.07) is 26.9. The molecule has 3 aliphatic rings. The normalized spacial score (nSPS) is 20.3. The first-order chi connectivity index (χ1) is 15.6. The molecule has 0 aromatic heterocycles. The summed E-state index contributed by atoms with van der Waals surface area (Å²) in [6.07, 6.45) is 10.5. The fraction of sp³-hybridized carbons (Fsp3) is 0.226. The molecule has 1 unspecified atom stereocenters. The fourth-order valence-corrected chi connectivity index (χ4v) is 5.79. The highest BCUT2D eigenvalue weighted by Gasteiger charge is 2.38. The van der Waals surface area contributed by atoms with Crippen molar-refractivity contribution in [1.82, 2.24) is 5.32 Å². The van der Waals surface area contributed by atoms with Gasteiger partial charge < -0.3 is 5.32 Å². The number of nitrogens with one attached hydrogen (secondary N) is 1. The van der Waals surface area contributed by atoms with Gasteiger partial charge >= 0.3 is 0 Å². The van der Waals surface area contributed by atoms with Crippen molar-refractivity contribution in [3.05, 3.63) is 118 Å². The lowest BCUT2D eigenvalue weighted by Gasteiger charge is -2.24. The monoisotopic (exact) mass is 415 g/mol. The third kappa shape index (κ3) is 3.07. The van der Waals surface area contributed by atoms with Crippen LogP contribution in [-0.4, -0.2) is 6.04 Å². The van der Waals surface area contributed by atoms with Crippen molar-refractivity contribution in [2.24, 2.45) is 0 Å². The number of benzene rings is 3. The van der Waals surface area contributed by atoms with Crippen molar-refractivity contribution in [2.75, 3.05) is 0 Å². The largest absolute Gasteiger partial charge is 0.382 e. The molecule has 0 radical (unpaired) electrons. The molecule has 0 amide bonds. The van der Waals surface area contributed by atoms with Crippen LogP contribution in [0.1, 0.15) is 48.9 Å². The van der Waals surface area contributed by atoms with E-state index >= 15 is 0 Å². The SMILES string of the molecule is CC1(C)C2=CC(NC3=Cc4ccccc4-c4ccccc4C3)CCC=C2c2ccccc21. The number of rotatable bonds is 2. The maximum absolute atomic E-state index is 3.95. The Bertz CT molecular complexity index is 1300. The molecule has 3 aliphatic carbocycles. The summed E-state index contributed by atoms with van der Waals surface area (Å²) in [5, 5.41) is 3.95. The van der Waals surface area contributed by atoms with Crippen LogP contribution < -0.4 is 5.32 Å². The van der Waals surface area contributed by atoms with Crippen molar-refractivity contribution < 1.29 is 0 Å². The van der Waals surface area contributed by atoms with Crippen LogP contribution in [0.4, 0.5) is 0 Å². The number of hydrogen-bond donors (Lipinski definition) is 1. The third-order valence-electron chi connectivity index (χ3n) is 7.40. The van der Waals surface area contributed by atoms with E-state index in [9.17, 15) is 0 Å². The van der Waals surface area contributed by atoms with Gasteiger partial charge in [-0.05, 0) is 63.4 Å². The van der Waals surface area contributed by atoms with Crippen LogP contribution in [0.15, 0.2) is 96.2 Å². The Morgan fingerprint density at radius 1 is 0.812 bits per heavy atom. The predicted molar refractivity (Wildman–Crippen MR) is 135 cm³/mol. The molecule has 3 aromatic rings. The minimum Gasteiger partial charge on any atom is -0.382 e. The molecular formula is C31H29N. The van der Waals surface area contributed by atoms with Gasteiger partial charge in [0.1, 0.15) is 0 Å². The maximum Gasteiger partial charge on any atom is 0.0450 e. The Morgan fingerprint density at radius 2 is 1.53 bits per heavy atom. The van der Waals surface area contributed by atoms with Gasteiger partial charge in [0.05, 0.1) is 0 Å². The lowest BCUT2D eigenvalue weighted by Crippen LogP contribution is -2.28. The Morgan fingerprint density at radius 3 is 2.41 bits per heavy atom. The van der Waals surface area contributed by atoms with Crippen LogP contribution >= 0.6 is 0 Å². The van der Waals surface area contributed by atoms with Gasteiger partial charge in [0.15, 0.2) is 0 Å². The van der Waals surface area contributed by atoms with Gasteiger partial charge in [-0.2, -0.15) is 0 Å². The van der Waals surface area contributed by atoms with E-state index in [0.29, 0.717) is 6.04 Å². The van der Waals surface area contributed by atoms with Gasteiger partial charge in [-0.15, -0.1) is 0 Å². The molecule has 32 heavy (non-hydrogen) atoms. The quantitative estimate of drug-likeness (QED) is 0.463. The highest BCUT2D eigenvalue weighted by Crippen LogP contribution is 2.50. The molecule has 1 atom stereocenters. The minimum absolute atomic E-state index is 0.0454. The van der Waals surface area contributed by atoms with Gasteiger partial charge in [-0.25, -0.2) is 0 Å². The molecule has 1 nitrogen and oxygen atoms in total. The fourth-order valence-electron chi connectivity index (χ4n) is 5.79. The molecule has 0 saturated heterocycles. The van der Waals surface area contributed by atoms with E-state index in [4.69, 9.17) is 0 Å². The first-order valence-corrected chi connectivity index (χ1v) is 11.8. The van der Waals surface area contributed by atoms with E-state index in [-0.39, 0.29) is 5.41 Å². The molecule has 0 saturated carbocycles. The van der Waals surface area contributed by atoms with Gasteiger partial charge in [0.25, 0.3) is 0 Å². The molecule has 158 valence electrons. The van der Waals surface area contributed by atoms with Crippen molar-refractivity contribution >= 4 is 11.6 Å². The first kappa shape index (κ1) is 19.4. The van der Waals surface area contributed by atoms with E-state index < -0.39 is 0 Å². The van der Waals surface area contributed by atoms with E-state index in [1.807, 2.05) is 0 Å². The summed E-state index contributed by atoms with van der Waals surface area (Å²) < 4.78 is 0. The molecular weight excluding hydrogens is 386 g/mol. The van der Waals surface area contributed by atoms with Crippen LogP contribution in [0.3, 0.4) is 0 Å².